The van der Waals surface area contributed by atoms with Gasteiger partial charge < -0.3 is 14.4 Å². The van der Waals surface area contributed by atoms with Crippen LogP contribution in [0.15, 0.2) is 18.3 Å². The van der Waals surface area contributed by atoms with Crippen molar-refractivity contribution >= 4 is 5.95 Å². The molecule has 24 heavy (non-hydrogen) atoms. The van der Waals surface area contributed by atoms with Crippen molar-refractivity contribution in [2.45, 2.75) is 32.5 Å². The molecular formula is C16H22FN5O2. The molecule has 0 bridgehead atoms. The first-order chi connectivity index (χ1) is 11.7. The number of piperidine rings is 1. The Morgan fingerprint density at radius 2 is 2.25 bits per heavy atom. The lowest BCUT2D eigenvalue weighted by Gasteiger charge is -2.32. The summed E-state index contributed by atoms with van der Waals surface area (Å²) in [5, 5.41) is 8.45. The summed E-state index contributed by atoms with van der Waals surface area (Å²) in [6.07, 6.45) is 3.19. The van der Waals surface area contributed by atoms with Gasteiger partial charge in [-0.15, -0.1) is 10.2 Å². The summed E-state index contributed by atoms with van der Waals surface area (Å²) < 4.78 is 26.8. The second kappa shape index (κ2) is 7.57. The van der Waals surface area contributed by atoms with E-state index < -0.39 is 5.82 Å². The highest BCUT2D eigenvalue weighted by Crippen LogP contribution is 2.22. The Kier molecular flexibility index (Phi) is 5.24. The number of nitrogens with zero attached hydrogens (tertiary/aromatic N) is 5. The van der Waals surface area contributed by atoms with E-state index in [9.17, 15) is 4.39 Å². The molecule has 1 unspecified atom stereocenters. The van der Waals surface area contributed by atoms with Crippen molar-refractivity contribution in [3.8, 4) is 5.88 Å². The molecular weight excluding hydrogens is 313 g/mol. The van der Waals surface area contributed by atoms with Crippen LogP contribution in [0.2, 0.25) is 0 Å². The number of rotatable bonds is 6. The van der Waals surface area contributed by atoms with E-state index in [1.807, 2.05) is 18.5 Å². The molecule has 0 aliphatic carbocycles. The zero-order valence-corrected chi connectivity index (χ0v) is 14.0. The van der Waals surface area contributed by atoms with Gasteiger partial charge in [0.25, 0.3) is 5.88 Å². The van der Waals surface area contributed by atoms with Gasteiger partial charge in [0.1, 0.15) is 12.7 Å². The van der Waals surface area contributed by atoms with E-state index in [0.29, 0.717) is 19.8 Å². The Morgan fingerprint density at radius 1 is 1.38 bits per heavy atom. The van der Waals surface area contributed by atoms with E-state index >= 15 is 0 Å². The summed E-state index contributed by atoms with van der Waals surface area (Å²) in [5.41, 5.74) is 0. The van der Waals surface area contributed by atoms with Gasteiger partial charge >= 0.3 is 0 Å². The zero-order chi connectivity index (χ0) is 16.9. The van der Waals surface area contributed by atoms with Gasteiger partial charge in [-0.25, -0.2) is 9.37 Å². The van der Waals surface area contributed by atoms with Crippen molar-refractivity contribution in [2.24, 2.45) is 7.05 Å². The standard InChI is InChI=1S/C16H22FN5O2/c1-3-23-11-14-19-20-16(21(14)2)22-9-5-6-12(10-22)24-15-13(17)7-4-8-18-15/h4,7-8,12H,3,5-6,9-11H2,1-2H3. The molecule has 0 spiro atoms. The van der Waals surface area contributed by atoms with Crippen molar-refractivity contribution in [3.63, 3.8) is 0 Å². The molecule has 0 amide bonds. The Balaban J connectivity index is 1.67. The lowest BCUT2D eigenvalue weighted by atomic mass is 10.1. The van der Waals surface area contributed by atoms with Crippen LogP contribution in [-0.4, -0.2) is 45.5 Å². The summed E-state index contributed by atoms with van der Waals surface area (Å²) >= 11 is 0. The molecule has 1 saturated heterocycles. The zero-order valence-electron chi connectivity index (χ0n) is 14.0. The highest BCUT2D eigenvalue weighted by Gasteiger charge is 2.26. The minimum atomic E-state index is -0.438. The Morgan fingerprint density at radius 3 is 3.04 bits per heavy atom. The number of aromatic nitrogens is 4. The van der Waals surface area contributed by atoms with Gasteiger partial charge in [0, 0.05) is 26.4 Å². The highest BCUT2D eigenvalue weighted by molar-refractivity contribution is 5.32. The summed E-state index contributed by atoms with van der Waals surface area (Å²) in [7, 11) is 1.92. The molecule has 130 valence electrons. The van der Waals surface area contributed by atoms with Crippen LogP contribution in [0.25, 0.3) is 0 Å². The molecule has 3 heterocycles. The molecule has 3 rings (SSSR count). The van der Waals surface area contributed by atoms with Crippen molar-refractivity contribution in [1.29, 1.82) is 0 Å². The van der Waals surface area contributed by atoms with Crippen LogP contribution in [0.5, 0.6) is 5.88 Å². The number of ether oxygens (including phenoxy) is 2. The first-order valence-corrected chi connectivity index (χ1v) is 8.17. The van der Waals surface area contributed by atoms with E-state index in [1.165, 1.54) is 12.3 Å². The summed E-state index contributed by atoms with van der Waals surface area (Å²) in [6.45, 7) is 4.51. The topological polar surface area (TPSA) is 65.3 Å². The van der Waals surface area contributed by atoms with Crippen molar-refractivity contribution in [2.75, 3.05) is 24.6 Å². The third-order valence-corrected chi connectivity index (χ3v) is 4.04. The maximum Gasteiger partial charge on any atom is 0.250 e. The Labute approximate surface area is 140 Å². The average Bonchev–Trinajstić information content (AvgIpc) is 2.96. The van der Waals surface area contributed by atoms with Gasteiger partial charge in [-0.05, 0) is 31.9 Å². The first kappa shape index (κ1) is 16.6. The molecule has 0 N–H and O–H groups in total. The second-order valence-electron chi connectivity index (χ2n) is 5.73. The minimum Gasteiger partial charge on any atom is -0.470 e. The monoisotopic (exact) mass is 335 g/mol. The molecule has 2 aromatic rings. The average molecular weight is 335 g/mol. The fourth-order valence-electron chi connectivity index (χ4n) is 2.78. The number of halogens is 1. The van der Waals surface area contributed by atoms with Gasteiger partial charge in [0.2, 0.25) is 5.95 Å². The quantitative estimate of drug-likeness (QED) is 0.804. The second-order valence-corrected chi connectivity index (χ2v) is 5.73. The van der Waals surface area contributed by atoms with E-state index in [-0.39, 0.29) is 12.0 Å². The largest absolute Gasteiger partial charge is 0.470 e. The molecule has 1 aliphatic heterocycles. The van der Waals surface area contributed by atoms with Gasteiger partial charge in [-0.1, -0.05) is 0 Å². The van der Waals surface area contributed by atoms with Gasteiger partial charge in [0.15, 0.2) is 11.6 Å². The number of hydrogen-bond acceptors (Lipinski definition) is 6. The van der Waals surface area contributed by atoms with E-state index in [2.05, 4.69) is 20.1 Å². The lowest BCUT2D eigenvalue weighted by molar-refractivity contribution is 0.126. The van der Waals surface area contributed by atoms with Crippen LogP contribution in [0.1, 0.15) is 25.6 Å². The van der Waals surface area contributed by atoms with Crippen LogP contribution in [-0.2, 0) is 18.4 Å². The third-order valence-electron chi connectivity index (χ3n) is 4.04. The van der Waals surface area contributed by atoms with Crippen LogP contribution in [0.4, 0.5) is 10.3 Å². The number of pyridine rings is 1. The van der Waals surface area contributed by atoms with Crippen molar-refractivity contribution in [3.05, 3.63) is 30.0 Å². The van der Waals surface area contributed by atoms with Crippen LogP contribution in [0, 0.1) is 5.82 Å². The molecule has 1 aliphatic rings. The maximum atomic E-state index is 13.7. The molecule has 7 nitrogen and oxygen atoms in total. The molecule has 0 aromatic carbocycles. The smallest absolute Gasteiger partial charge is 0.250 e. The number of anilines is 1. The fourth-order valence-corrected chi connectivity index (χ4v) is 2.78. The van der Waals surface area contributed by atoms with Crippen molar-refractivity contribution in [1.82, 2.24) is 19.7 Å². The molecule has 0 saturated carbocycles. The molecule has 8 heteroatoms. The Bertz CT molecular complexity index is 678. The predicted molar refractivity (Wildman–Crippen MR) is 86.4 cm³/mol. The molecule has 2 aromatic heterocycles. The van der Waals surface area contributed by atoms with E-state index in [0.717, 1.165) is 31.2 Å². The summed E-state index contributed by atoms with van der Waals surface area (Å²) in [5.74, 6) is 1.18. The Hall–Kier alpha value is -2.22. The van der Waals surface area contributed by atoms with Gasteiger partial charge in [-0.3, -0.25) is 4.57 Å². The van der Waals surface area contributed by atoms with E-state index in [4.69, 9.17) is 9.47 Å². The van der Waals surface area contributed by atoms with E-state index in [1.54, 1.807) is 6.07 Å². The van der Waals surface area contributed by atoms with Gasteiger partial charge in [0.05, 0.1) is 6.54 Å². The van der Waals surface area contributed by atoms with Crippen LogP contribution in [0.3, 0.4) is 0 Å². The van der Waals surface area contributed by atoms with Crippen LogP contribution >= 0.6 is 0 Å². The number of hydrogen-bond donors (Lipinski definition) is 0. The maximum absolute atomic E-state index is 13.7. The predicted octanol–water partition coefficient (Wildman–Crippen LogP) is 1.93. The van der Waals surface area contributed by atoms with Crippen molar-refractivity contribution < 1.29 is 13.9 Å². The highest BCUT2D eigenvalue weighted by atomic mass is 19.1. The lowest BCUT2D eigenvalue weighted by Crippen LogP contribution is -2.42. The normalized spacial score (nSPS) is 18.0. The fraction of sp³-hybridized carbons (Fsp3) is 0.562. The third kappa shape index (κ3) is 3.64. The SMILES string of the molecule is CCOCc1nnc(N2CCCC(Oc3ncccc3F)C2)n1C. The summed E-state index contributed by atoms with van der Waals surface area (Å²) in [6, 6.07) is 2.90. The minimum absolute atomic E-state index is 0.0550. The van der Waals surface area contributed by atoms with Crippen LogP contribution < -0.4 is 9.64 Å². The molecule has 0 radical (unpaired) electrons. The molecule has 1 fully saturated rings. The molecule has 1 atom stereocenters. The van der Waals surface area contributed by atoms with Gasteiger partial charge in [-0.2, -0.15) is 0 Å². The summed E-state index contributed by atoms with van der Waals surface area (Å²) in [4.78, 5) is 6.07. The first-order valence-electron chi connectivity index (χ1n) is 8.17.